The quantitative estimate of drug-likeness (QED) is 0.173. The van der Waals surface area contributed by atoms with Gasteiger partial charge in [0, 0.05) is 10.8 Å². The summed E-state index contributed by atoms with van der Waals surface area (Å²) in [5.41, 5.74) is 9.54. The van der Waals surface area contributed by atoms with E-state index >= 15 is 0 Å². The van der Waals surface area contributed by atoms with E-state index in [9.17, 15) is 0 Å². The topological polar surface area (TPSA) is 13.1 Å². The van der Waals surface area contributed by atoms with Crippen LogP contribution in [0.1, 0.15) is 52.7 Å². The Bertz CT molecular complexity index is 2660. The minimum atomic E-state index is -0.0188. The van der Waals surface area contributed by atoms with Gasteiger partial charge in [0.2, 0.25) is 0 Å². The Balaban J connectivity index is 1.40. The van der Waals surface area contributed by atoms with Gasteiger partial charge in [-0.05, 0) is 105 Å². The molecule has 0 saturated carbocycles. The lowest BCUT2D eigenvalue weighted by atomic mass is 9.77. The maximum Gasteiger partial charge on any atom is 0.136 e. The van der Waals surface area contributed by atoms with Crippen LogP contribution < -0.4 is 0 Å². The van der Waals surface area contributed by atoms with Gasteiger partial charge in [-0.15, -0.1) is 0 Å². The minimum Gasteiger partial charge on any atom is -0.456 e. The van der Waals surface area contributed by atoms with Gasteiger partial charge in [0.25, 0.3) is 0 Å². The molecule has 1 aromatic heterocycles. The number of hydrogen-bond acceptors (Lipinski definition) is 1. The molecule has 49 heavy (non-hydrogen) atoms. The van der Waals surface area contributed by atoms with Gasteiger partial charge in [0.15, 0.2) is 0 Å². The normalized spacial score (nSPS) is 12.7. The Morgan fingerprint density at radius 3 is 1.24 bits per heavy atom. The molecule has 0 aliphatic heterocycles. The molecule has 8 aromatic carbocycles. The Hall–Kier alpha value is -5.40. The van der Waals surface area contributed by atoms with Gasteiger partial charge >= 0.3 is 0 Å². The van der Waals surface area contributed by atoms with E-state index in [0.29, 0.717) is 0 Å². The molecule has 9 aromatic rings. The molecule has 1 nitrogen and oxygen atoms in total. The molecule has 1 heterocycles. The zero-order chi connectivity index (χ0) is 33.7. The van der Waals surface area contributed by atoms with Crippen LogP contribution in [0.4, 0.5) is 0 Å². The molecule has 0 spiro atoms. The van der Waals surface area contributed by atoms with E-state index in [0.717, 1.165) is 21.9 Å². The van der Waals surface area contributed by atoms with Gasteiger partial charge in [-0.25, -0.2) is 0 Å². The van der Waals surface area contributed by atoms with Crippen molar-refractivity contribution >= 4 is 65.0 Å². The van der Waals surface area contributed by atoms with Crippen molar-refractivity contribution in [3.05, 3.63) is 145 Å². The van der Waals surface area contributed by atoms with Gasteiger partial charge in [-0.3, -0.25) is 0 Å². The summed E-state index contributed by atoms with van der Waals surface area (Å²) in [6, 6.07) is 49.2. The van der Waals surface area contributed by atoms with Gasteiger partial charge in [0.1, 0.15) is 11.2 Å². The minimum absolute atomic E-state index is 0.00849. The maximum atomic E-state index is 6.65. The summed E-state index contributed by atoms with van der Waals surface area (Å²) in [5.74, 6) is 0. The first-order chi connectivity index (χ1) is 23.6. The zero-order valence-corrected chi connectivity index (χ0v) is 29.1. The number of benzene rings is 8. The lowest BCUT2D eigenvalue weighted by Crippen LogP contribution is -2.13. The van der Waals surface area contributed by atoms with E-state index in [4.69, 9.17) is 4.42 Å². The van der Waals surface area contributed by atoms with E-state index in [1.54, 1.807) is 0 Å². The van der Waals surface area contributed by atoms with E-state index in [1.807, 2.05) is 0 Å². The molecule has 0 radical (unpaired) electrons. The number of fused-ring (bicyclic) bond motifs is 7. The molecule has 1 heteroatoms. The molecule has 0 bridgehead atoms. The molecule has 0 amide bonds. The second-order valence-corrected chi connectivity index (χ2v) is 15.7. The average molecular weight is 633 g/mol. The average Bonchev–Trinajstić information content (AvgIpc) is 3.46. The van der Waals surface area contributed by atoms with Crippen LogP contribution in [0, 0.1) is 0 Å². The van der Waals surface area contributed by atoms with Crippen LogP contribution in [0.2, 0.25) is 0 Å². The van der Waals surface area contributed by atoms with Crippen molar-refractivity contribution in [1.82, 2.24) is 0 Å². The van der Waals surface area contributed by atoms with Crippen LogP contribution in [0.5, 0.6) is 0 Å². The third kappa shape index (κ3) is 4.45. The molecule has 0 saturated heterocycles. The van der Waals surface area contributed by atoms with Crippen LogP contribution in [-0.2, 0) is 10.8 Å². The van der Waals surface area contributed by atoms with E-state index in [2.05, 4.69) is 175 Å². The van der Waals surface area contributed by atoms with Gasteiger partial charge in [0.05, 0.1) is 0 Å². The molecule has 0 fully saturated rings. The standard InChI is InChI=1S/C48H40O/c1-47(2,3)45-34-20-11-7-16-30(34)42(31-17-8-12-21-35(31)45)29-26-27-40-39(28-29)44-38(24-15-25-41(44)49-40)43-32-18-9-13-22-36(32)46(48(4,5)6)37-23-14-10-19-33(37)43/h7-28H,1-6H3. The highest BCUT2D eigenvalue weighted by atomic mass is 16.3. The number of rotatable bonds is 2. The Labute approximate surface area is 287 Å². The third-order valence-electron chi connectivity index (χ3n) is 10.4. The first-order valence-corrected chi connectivity index (χ1v) is 17.4. The summed E-state index contributed by atoms with van der Waals surface area (Å²) >= 11 is 0. The molecular formula is C48H40O. The highest BCUT2D eigenvalue weighted by molar-refractivity contribution is 6.23. The molecule has 238 valence electrons. The van der Waals surface area contributed by atoms with Gasteiger partial charge in [-0.1, -0.05) is 157 Å². The summed E-state index contributed by atoms with van der Waals surface area (Å²) in [6.45, 7) is 14.0. The van der Waals surface area contributed by atoms with Crippen molar-refractivity contribution in [2.75, 3.05) is 0 Å². The molecule has 0 unspecified atom stereocenters. The van der Waals surface area contributed by atoms with Crippen LogP contribution in [-0.4, -0.2) is 0 Å². The fourth-order valence-corrected chi connectivity index (χ4v) is 8.66. The fraction of sp³-hybridized carbons (Fsp3) is 0.167. The fourth-order valence-electron chi connectivity index (χ4n) is 8.66. The number of hydrogen-bond donors (Lipinski definition) is 0. The summed E-state index contributed by atoms with van der Waals surface area (Å²) in [7, 11) is 0. The molecular weight excluding hydrogens is 593 g/mol. The molecule has 0 aliphatic carbocycles. The monoisotopic (exact) mass is 632 g/mol. The summed E-state index contributed by atoms with van der Waals surface area (Å²) in [5, 5.41) is 12.7. The SMILES string of the molecule is CC(C)(C)c1c2ccccc2c(-c2ccc3oc4cccc(-c5c6ccccc6c(C(C)(C)C)c6ccccc56)c4c3c2)c2ccccc12. The Kier molecular flexibility index (Phi) is 6.40. The summed E-state index contributed by atoms with van der Waals surface area (Å²) < 4.78 is 6.65. The van der Waals surface area contributed by atoms with Crippen LogP contribution in [0.3, 0.4) is 0 Å². The summed E-state index contributed by atoms with van der Waals surface area (Å²) in [4.78, 5) is 0. The van der Waals surface area contributed by atoms with E-state index < -0.39 is 0 Å². The second kappa shape index (κ2) is 10.5. The van der Waals surface area contributed by atoms with Crippen molar-refractivity contribution in [3.63, 3.8) is 0 Å². The largest absolute Gasteiger partial charge is 0.456 e. The highest BCUT2D eigenvalue weighted by Gasteiger charge is 2.26. The lowest BCUT2D eigenvalue weighted by molar-refractivity contribution is 0.601. The van der Waals surface area contributed by atoms with E-state index in [1.165, 1.54) is 76.5 Å². The van der Waals surface area contributed by atoms with Gasteiger partial charge < -0.3 is 4.42 Å². The Morgan fingerprint density at radius 2 is 0.796 bits per heavy atom. The van der Waals surface area contributed by atoms with Crippen molar-refractivity contribution < 1.29 is 4.42 Å². The summed E-state index contributed by atoms with van der Waals surface area (Å²) in [6.07, 6.45) is 0. The van der Waals surface area contributed by atoms with Crippen molar-refractivity contribution in [3.8, 4) is 22.3 Å². The zero-order valence-electron chi connectivity index (χ0n) is 29.1. The molecule has 0 N–H and O–H groups in total. The molecule has 9 rings (SSSR count). The van der Waals surface area contributed by atoms with Crippen LogP contribution in [0.25, 0.3) is 87.3 Å². The van der Waals surface area contributed by atoms with Crippen LogP contribution in [0.15, 0.2) is 138 Å². The first kappa shape index (κ1) is 29.7. The van der Waals surface area contributed by atoms with E-state index in [-0.39, 0.29) is 10.8 Å². The smallest absolute Gasteiger partial charge is 0.136 e. The molecule has 0 aliphatic rings. The predicted molar refractivity (Wildman–Crippen MR) is 212 cm³/mol. The maximum absolute atomic E-state index is 6.65. The van der Waals surface area contributed by atoms with Crippen molar-refractivity contribution in [2.45, 2.75) is 52.4 Å². The highest BCUT2D eigenvalue weighted by Crippen LogP contribution is 2.48. The lowest BCUT2D eigenvalue weighted by Gasteiger charge is -2.26. The third-order valence-corrected chi connectivity index (χ3v) is 10.4. The molecule has 0 atom stereocenters. The number of furan rings is 1. The van der Waals surface area contributed by atoms with Crippen molar-refractivity contribution in [1.29, 1.82) is 0 Å². The van der Waals surface area contributed by atoms with Crippen LogP contribution >= 0.6 is 0 Å². The predicted octanol–water partition coefficient (Wildman–Crippen LogP) is 14.1. The Morgan fingerprint density at radius 1 is 0.367 bits per heavy atom. The first-order valence-electron chi connectivity index (χ1n) is 17.4. The van der Waals surface area contributed by atoms with Crippen molar-refractivity contribution in [2.24, 2.45) is 0 Å². The second-order valence-electron chi connectivity index (χ2n) is 15.7. The van der Waals surface area contributed by atoms with Gasteiger partial charge in [-0.2, -0.15) is 0 Å².